The average molecular weight is 289 g/mol. The third-order valence-corrected chi connectivity index (χ3v) is 3.52. The highest BCUT2D eigenvalue weighted by Crippen LogP contribution is 2.26. The van der Waals surface area contributed by atoms with E-state index in [1.54, 1.807) is 31.2 Å². The predicted molar refractivity (Wildman–Crippen MR) is 77.5 cm³/mol. The quantitative estimate of drug-likeness (QED) is 0.742. The largest absolute Gasteiger partial charge is 0.306 e. The smallest absolute Gasteiger partial charge is 0.259 e. The van der Waals surface area contributed by atoms with Gasteiger partial charge in [-0.3, -0.25) is 4.79 Å². The molecule has 3 rings (SSSR count). The Hall–Kier alpha value is -2.20. The van der Waals surface area contributed by atoms with Crippen molar-refractivity contribution in [1.82, 2.24) is 9.97 Å². The van der Waals surface area contributed by atoms with Crippen LogP contribution < -0.4 is 5.56 Å². The topological polar surface area (TPSA) is 45.8 Å². The number of rotatable bonds is 1. The summed E-state index contributed by atoms with van der Waals surface area (Å²) in [7, 11) is 0. The van der Waals surface area contributed by atoms with E-state index in [0.717, 1.165) is 0 Å². The van der Waals surface area contributed by atoms with Crippen LogP contribution >= 0.6 is 11.6 Å². The molecule has 0 aliphatic heterocycles. The Labute approximate surface area is 119 Å². The third-order valence-electron chi connectivity index (χ3n) is 3.12. The van der Waals surface area contributed by atoms with Gasteiger partial charge in [0.15, 0.2) is 0 Å². The molecule has 0 saturated heterocycles. The standard InChI is InChI=1S/C15H10ClFN2O/c1-8-6-12(17)10(7-11(8)16)14-18-13-5-3-2-4-9(13)15(20)19-14/h2-7H,1H3,(H,18,19,20). The van der Waals surface area contributed by atoms with Crippen LogP contribution in [0.25, 0.3) is 22.3 Å². The van der Waals surface area contributed by atoms with Crippen molar-refractivity contribution < 1.29 is 4.39 Å². The molecule has 2 aromatic carbocycles. The van der Waals surface area contributed by atoms with Crippen LogP contribution in [0.2, 0.25) is 5.02 Å². The van der Waals surface area contributed by atoms with E-state index in [9.17, 15) is 9.18 Å². The van der Waals surface area contributed by atoms with E-state index < -0.39 is 5.82 Å². The van der Waals surface area contributed by atoms with E-state index in [2.05, 4.69) is 9.97 Å². The maximum atomic E-state index is 14.0. The van der Waals surface area contributed by atoms with Gasteiger partial charge in [-0.2, -0.15) is 0 Å². The molecule has 0 aliphatic carbocycles. The molecule has 0 saturated carbocycles. The van der Waals surface area contributed by atoms with Crippen molar-refractivity contribution in [2.45, 2.75) is 6.92 Å². The first-order chi connectivity index (χ1) is 9.56. The number of nitrogens with zero attached hydrogens (tertiary/aromatic N) is 1. The van der Waals surface area contributed by atoms with E-state index in [0.29, 0.717) is 21.5 Å². The van der Waals surface area contributed by atoms with Gasteiger partial charge in [-0.05, 0) is 36.8 Å². The van der Waals surface area contributed by atoms with E-state index in [-0.39, 0.29) is 16.9 Å². The summed E-state index contributed by atoms with van der Waals surface area (Å²) in [5.74, 6) is -0.293. The molecule has 100 valence electrons. The highest BCUT2D eigenvalue weighted by atomic mass is 35.5. The van der Waals surface area contributed by atoms with Crippen molar-refractivity contribution in [3.05, 3.63) is 63.2 Å². The molecule has 0 aliphatic rings. The summed E-state index contributed by atoms with van der Waals surface area (Å²) in [6.07, 6.45) is 0. The molecule has 3 aromatic rings. The van der Waals surface area contributed by atoms with Crippen molar-refractivity contribution in [2.75, 3.05) is 0 Å². The van der Waals surface area contributed by atoms with E-state index in [4.69, 9.17) is 11.6 Å². The average Bonchev–Trinajstić information content (AvgIpc) is 2.43. The molecule has 20 heavy (non-hydrogen) atoms. The number of H-pyrrole nitrogens is 1. The highest BCUT2D eigenvalue weighted by Gasteiger charge is 2.12. The van der Waals surface area contributed by atoms with Gasteiger partial charge in [-0.25, -0.2) is 9.37 Å². The van der Waals surface area contributed by atoms with Crippen LogP contribution in [0, 0.1) is 12.7 Å². The van der Waals surface area contributed by atoms with Gasteiger partial charge in [0.05, 0.1) is 16.5 Å². The van der Waals surface area contributed by atoms with Gasteiger partial charge < -0.3 is 4.98 Å². The molecule has 0 amide bonds. The summed E-state index contributed by atoms with van der Waals surface area (Å²) < 4.78 is 14.0. The first-order valence-corrected chi connectivity index (χ1v) is 6.39. The summed E-state index contributed by atoms with van der Waals surface area (Å²) in [4.78, 5) is 18.9. The molecule has 1 N–H and O–H groups in total. The molecule has 1 heterocycles. The van der Waals surface area contributed by atoms with Gasteiger partial charge in [0.1, 0.15) is 11.6 Å². The Balaban J connectivity index is 2.30. The number of aryl methyl sites for hydroxylation is 1. The predicted octanol–water partition coefficient (Wildman–Crippen LogP) is 3.69. The zero-order chi connectivity index (χ0) is 14.3. The van der Waals surface area contributed by atoms with Gasteiger partial charge in [0.2, 0.25) is 0 Å². The van der Waals surface area contributed by atoms with Crippen LogP contribution in [0.1, 0.15) is 5.56 Å². The van der Waals surface area contributed by atoms with Crippen LogP contribution in [0.3, 0.4) is 0 Å². The summed E-state index contributed by atoms with van der Waals surface area (Å²) in [5, 5.41) is 0.895. The minimum Gasteiger partial charge on any atom is -0.306 e. The lowest BCUT2D eigenvalue weighted by Gasteiger charge is -2.06. The molecule has 1 aromatic heterocycles. The van der Waals surface area contributed by atoms with Crippen molar-refractivity contribution in [3.63, 3.8) is 0 Å². The molecule has 0 fully saturated rings. The van der Waals surface area contributed by atoms with Crippen molar-refractivity contribution in [1.29, 1.82) is 0 Å². The van der Waals surface area contributed by atoms with E-state index in [1.807, 2.05) is 0 Å². The monoisotopic (exact) mass is 288 g/mol. The first kappa shape index (κ1) is 12.8. The number of hydrogen-bond donors (Lipinski definition) is 1. The Morgan fingerprint density at radius 2 is 2.00 bits per heavy atom. The van der Waals surface area contributed by atoms with Gasteiger partial charge >= 0.3 is 0 Å². The van der Waals surface area contributed by atoms with Crippen LogP contribution in [-0.4, -0.2) is 9.97 Å². The van der Waals surface area contributed by atoms with Gasteiger partial charge in [-0.15, -0.1) is 0 Å². The lowest BCUT2D eigenvalue weighted by atomic mass is 10.1. The van der Waals surface area contributed by atoms with Crippen molar-refractivity contribution in [2.24, 2.45) is 0 Å². The summed E-state index contributed by atoms with van der Waals surface area (Å²) >= 11 is 6.01. The summed E-state index contributed by atoms with van der Waals surface area (Å²) in [6, 6.07) is 9.70. The highest BCUT2D eigenvalue weighted by molar-refractivity contribution is 6.31. The molecular formula is C15H10ClFN2O. The number of aromatic nitrogens is 2. The normalized spacial score (nSPS) is 10.9. The Bertz CT molecular complexity index is 873. The molecular weight excluding hydrogens is 279 g/mol. The van der Waals surface area contributed by atoms with Crippen LogP contribution in [0.5, 0.6) is 0 Å². The van der Waals surface area contributed by atoms with Gasteiger partial charge in [0.25, 0.3) is 5.56 Å². The van der Waals surface area contributed by atoms with Crippen LogP contribution in [0.4, 0.5) is 4.39 Å². The Morgan fingerprint density at radius 3 is 2.80 bits per heavy atom. The van der Waals surface area contributed by atoms with E-state index >= 15 is 0 Å². The number of para-hydroxylation sites is 1. The minimum atomic E-state index is -0.467. The number of hydrogen-bond acceptors (Lipinski definition) is 2. The van der Waals surface area contributed by atoms with E-state index in [1.165, 1.54) is 12.1 Å². The second kappa shape index (κ2) is 4.72. The number of benzene rings is 2. The van der Waals surface area contributed by atoms with Crippen LogP contribution in [0.15, 0.2) is 41.2 Å². The van der Waals surface area contributed by atoms with Crippen LogP contribution in [-0.2, 0) is 0 Å². The molecule has 3 nitrogen and oxygen atoms in total. The number of fused-ring (bicyclic) bond motifs is 1. The minimum absolute atomic E-state index is 0.174. The van der Waals surface area contributed by atoms with Crippen molar-refractivity contribution >= 4 is 22.5 Å². The Morgan fingerprint density at radius 1 is 1.25 bits per heavy atom. The molecule has 0 atom stereocenters. The summed E-state index contributed by atoms with van der Waals surface area (Å²) in [5.41, 5.74) is 1.03. The lowest BCUT2D eigenvalue weighted by Crippen LogP contribution is -2.10. The second-order valence-electron chi connectivity index (χ2n) is 4.51. The number of halogens is 2. The maximum absolute atomic E-state index is 14.0. The van der Waals surface area contributed by atoms with Gasteiger partial charge in [-0.1, -0.05) is 23.7 Å². The number of nitrogens with one attached hydrogen (secondary N) is 1. The van der Waals surface area contributed by atoms with Crippen molar-refractivity contribution in [3.8, 4) is 11.4 Å². The molecule has 0 radical (unpaired) electrons. The fraction of sp³-hybridized carbons (Fsp3) is 0.0667. The fourth-order valence-corrected chi connectivity index (χ4v) is 2.21. The Kier molecular flexibility index (Phi) is 3.03. The SMILES string of the molecule is Cc1cc(F)c(-c2nc3ccccc3c(=O)[nH]2)cc1Cl. The summed E-state index contributed by atoms with van der Waals surface area (Å²) in [6.45, 7) is 1.71. The third kappa shape index (κ3) is 2.08. The fourth-order valence-electron chi connectivity index (χ4n) is 2.04. The zero-order valence-corrected chi connectivity index (χ0v) is 11.3. The molecule has 0 bridgehead atoms. The zero-order valence-electron chi connectivity index (χ0n) is 10.6. The molecule has 0 spiro atoms. The molecule has 5 heteroatoms. The second-order valence-corrected chi connectivity index (χ2v) is 4.92. The number of aromatic amines is 1. The van der Waals surface area contributed by atoms with Gasteiger partial charge in [0, 0.05) is 5.02 Å². The maximum Gasteiger partial charge on any atom is 0.259 e. The first-order valence-electron chi connectivity index (χ1n) is 6.01. The lowest BCUT2D eigenvalue weighted by molar-refractivity contribution is 0.629. The molecule has 0 unspecified atom stereocenters.